The number of nitro groups is 1. The molecule has 3 rings (SSSR count). The molecular weight excluding hydrogens is 334 g/mol. The number of carbonyl (C=O) groups excluding carboxylic acids is 2. The lowest BCUT2D eigenvalue weighted by atomic mass is 9.97. The van der Waals surface area contributed by atoms with Crippen LogP contribution in [-0.4, -0.2) is 46.2 Å². The lowest BCUT2D eigenvalue weighted by molar-refractivity contribution is -0.384. The highest BCUT2D eigenvalue weighted by Crippen LogP contribution is 2.34. The number of nitrogens with zero attached hydrogens (tertiary/aromatic N) is 3. The minimum absolute atomic E-state index is 0.0535. The zero-order valence-electron chi connectivity index (χ0n) is 14.7. The molecule has 0 spiro atoms. The fraction of sp³-hybridized carbons (Fsp3) is 0.368. The van der Waals surface area contributed by atoms with E-state index in [1.54, 1.807) is 0 Å². The van der Waals surface area contributed by atoms with E-state index in [2.05, 4.69) is 13.5 Å². The van der Waals surface area contributed by atoms with Crippen molar-refractivity contribution < 1.29 is 14.5 Å². The number of amides is 2. The van der Waals surface area contributed by atoms with Gasteiger partial charge in [0.1, 0.15) is 5.70 Å². The monoisotopic (exact) mass is 355 g/mol. The summed E-state index contributed by atoms with van der Waals surface area (Å²) in [5.74, 6) is -0.264. The Kier molecular flexibility index (Phi) is 4.88. The van der Waals surface area contributed by atoms with E-state index in [-0.39, 0.29) is 24.0 Å². The maximum atomic E-state index is 12.9. The van der Waals surface area contributed by atoms with Crippen LogP contribution in [0.1, 0.15) is 25.3 Å². The summed E-state index contributed by atoms with van der Waals surface area (Å²) in [5.41, 5.74) is 1.19. The second-order valence-corrected chi connectivity index (χ2v) is 6.73. The Morgan fingerprint density at radius 3 is 2.54 bits per heavy atom. The van der Waals surface area contributed by atoms with E-state index in [1.165, 1.54) is 35.2 Å². The van der Waals surface area contributed by atoms with Gasteiger partial charge in [0.15, 0.2) is 0 Å². The van der Waals surface area contributed by atoms with Crippen LogP contribution >= 0.6 is 0 Å². The van der Waals surface area contributed by atoms with Gasteiger partial charge < -0.3 is 4.90 Å². The summed E-state index contributed by atoms with van der Waals surface area (Å²) in [6.07, 6.45) is 3.57. The highest BCUT2D eigenvalue weighted by Gasteiger charge is 2.41. The SMILES string of the molecule is C=CCN1C(=O)C(c2ccc([N+](=O)[O-])cc2)=C(N2CCCC(C)C2)C1=O. The Labute approximate surface area is 151 Å². The Balaban J connectivity index is 2.07. The van der Waals surface area contributed by atoms with Crippen LogP contribution in [0.3, 0.4) is 0 Å². The highest BCUT2D eigenvalue weighted by molar-refractivity contribution is 6.35. The molecule has 2 aliphatic heterocycles. The molecule has 7 nitrogen and oxygen atoms in total. The van der Waals surface area contributed by atoms with Gasteiger partial charge in [-0.2, -0.15) is 0 Å². The van der Waals surface area contributed by atoms with Crippen LogP contribution in [0.2, 0.25) is 0 Å². The minimum atomic E-state index is -0.489. The summed E-state index contributed by atoms with van der Waals surface area (Å²) < 4.78 is 0. The number of rotatable bonds is 5. The van der Waals surface area contributed by atoms with E-state index in [1.807, 2.05) is 4.90 Å². The van der Waals surface area contributed by atoms with Crippen LogP contribution in [0.15, 0.2) is 42.6 Å². The predicted octanol–water partition coefficient (Wildman–Crippen LogP) is 2.59. The number of carbonyl (C=O) groups is 2. The molecule has 2 aliphatic rings. The normalized spacial score (nSPS) is 20.7. The lowest BCUT2D eigenvalue weighted by Crippen LogP contribution is -2.39. The highest BCUT2D eigenvalue weighted by atomic mass is 16.6. The smallest absolute Gasteiger partial charge is 0.278 e. The van der Waals surface area contributed by atoms with Gasteiger partial charge in [0.2, 0.25) is 0 Å². The molecule has 0 aromatic heterocycles. The van der Waals surface area contributed by atoms with Gasteiger partial charge in [-0.05, 0) is 36.5 Å². The van der Waals surface area contributed by atoms with Crippen molar-refractivity contribution in [2.45, 2.75) is 19.8 Å². The number of imide groups is 1. The third-order valence-electron chi connectivity index (χ3n) is 4.80. The van der Waals surface area contributed by atoms with Gasteiger partial charge in [-0.25, -0.2) is 0 Å². The molecule has 0 radical (unpaired) electrons. The van der Waals surface area contributed by atoms with Crippen molar-refractivity contribution in [2.75, 3.05) is 19.6 Å². The van der Waals surface area contributed by atoms with Gasteiger partial charge in [0, 0.05) is 31.8 Å². The van der Waals surface area contributed by atoms with Crippen molar-refractivity contribution in [3.8, 4) is 0 Å². The molecule has 1 saturated heterocycles. The maximum absolute atomic E-state index is 12.9. The first-order chi connectivity index (χ1) is 12.4. The summed E-state index contributed by atoms with van der Waals surface area (Å²) in [7, 11) is 0. The van der Waals surface area contributed by atoms with Gasteiger partial charge in [-0.3, -0.25) is 24.6 Å². The van der Waals surface area contributed by atoms with Crippen LogP contribution in [0.4, 0.5) is 5.69 Å². The van der Waals surface area contributed by atoms with Crippen LogP contribution in [0.5, 0.6) is 0 Å². The minimum Gasteiger partial charge on any atom is -0.366 e. The quantitative estimate of drug-likeness (QED) is 0.351. The lowest BCUT2D eigenvalue weighted by Gasteiger charge is -2.33. The predicted molar refractivity (Wildman–Crippen MR) is 96.9 cm³/mol. The van der Waals surface area contributed by atoms with Gasteiger partial charge in [-0.15, -0.1) is 6.58 Å². The van der Waals surface area contributed by atoms with Crippen LogP contribution in [0.25, 0.3) is 5.57 Å². The van der Waals surface area contributed by atoms with E-state index < -0.39 is 4.92 Å². The molecule has 2 heterocycles. The van der Waals surface area contributed by atoms with E-state index in [0.717, 1.165) is 19.4 Å². The number of likely N-dealkylation sites (tertiary alicyclic amines) is 1. The second kappa shape index (κ2) is 7.11. The third kappa shape index (κ3) is 3.12. The Morgan fingerprint density at radius 1 is 1.27 bits per heavy atom. The fourth-order valence-electron chi connectivity index (χ4n) is 3.55. The molecule has 2 amide bonds. The molecule has 1 aromatic carbocycles. The summed E-state index contributed by atoms with van der Waals surface area (Å²) in [4.78, 5) is 39.4. The van der Waals surface area contributed by atoms with Crippen molar-refractivity contribution >= 4 is 23.1 Å². The fourth-order valence-corrected chi connectivity index (χ4v) is 3.55. The summed E-state index contributed by atoms with van der Waals surface area (Å²) in [6.45, 7) is 7.32. The topological polar surface area (TPSA) is 83.8 Å². The Bertz CT molecular complexity index is 798. The molecule has 0 saturated carbocycles. The standard InChI is InChI=1S/C19H21N3O4/c1-3-10-21-18(23)16(14-6-8-15(9-7-14)22(25)26)17(19(21)24)20-11-4-5-13(2)12-20/h3,6-9,13H,1,4-5,10-12H2,2H3. The first-order valence-corrected chi connectivity index (χ1v) is 8.65. The molecule has 1 fully saturated rings. The number of benzene rings is 1. The Morgan fingerprint density at radius 2 is 1.96 bits per heavy atom. The van der Waals surface area contributed by atoms with Crippen molar-refractivity contribution in [1.29, 1.82) is 0 Å². The van der Waals surface area contributed by atoms with Gasteiger partial charge in [0.25, 0.3) is 17.5 Å². The molecule has 1 aromatic rings. The van der Waals surface area contributed by atoms with Gasteiger partial charge in [-0.1, -0.05) is 13.0 Å². The molecule has 7 heteroatoms. The largest absolute Gasteiger partial charge is 0.366 e. The van der Waals surface area contributed by atoms with Crippen LogP contribution in [-0.2, 0) is 9.59 Å². The van der Waals surface area contributed by atoms with Crippen LogP contribution < -0.4 is 0 Å². The summed E-state index contributed by atoms with van der Waals surface area (Å²) >= 11 is 0. The molecule has 0 aliphatic carbocycles. The maximum Gasteiger partial charge on any atom is 0.278 e. The molecular formula is C19H21N3O4. The van der Waals surface area contributed by atoms with Crippen molar-refractivity contribution in [3.63, 3.8) is 0 Å². The average molecular weight is 355 g/mol. The number of piperidine rings is 1. The molecule has 26 heavy (non-hydrogen) atoms. The van der Waals surface area contributed by atoms with Crippen molar-refractivity contribution in [2.24, 2.45) is 5.92 Å². The molecule has 0 N–H and O–H groups in total. The summed E-state index contributed by atoms with van der Waals surface area (Å²) in [5, 5.41) is 10.9. The number of hydrogen-bond donors (Lipinski definition) is 0. The van der Waals surface area contributed by atoms with Crippen molar-refractivity contribution in [1.82, 2.24) is 9.80 Å². The van der Waals surface area contributed by atoms with E-state index in [9.17, 15) is 19.7 Å². The average Bonchev–Trinajstić information content (AvgIpc) is 2.87. The van der Waals surface area contributed by atoms with E-state index in [4.69, 9.17) is 0 Å². The zero-order chi connectivity index (χ0) is 18.8. The molecule has 1 atom stereocenters. The van der Waals surface area contributed by atoms with Crippen molar-refractivity contribution in [3.05, 3.63) is 58.3 Å². The number of non-ortho nitro benzene ring substituents is 1. The summed E-state index contributed by atoms with van der Waals surface area (Å²) in [6, 6.07) is 5.77. The molecule has 136 valence electrons. The second-order valence-electron chi connectivity index (χ2n) is 6.73. The number of hydrogen-bond acceptors (Lipinski definition) is 5. The third-order valence-corrected chi connectivity index (χ3v) is 4.80. The van der Waals surface area contributed by atoms with E-state index in [0.29, 0.717) is 29.3 Å². The molecule has 1 unspecified atom stereocenters. The number of nitro benzene ring substituents is 1. The van der Waals surface area contributed by atoms with Gasteiger partial charge >= 0.3 is 0 Å². The van der Waals surface area contributed by atoms with E-state index >= 15 is 0 Å². The Hall–Kier alpha value is -2.96. The molecule has 0 bridgehead atoms. The first-order valence-electron chi connectivity index (χ1n) is 8.65. The zero-order valence-corrected chi connectivity index (χ0v) is 14.7. The van der Waals surface area contributed by atoms with Crippen LogP contribution in [0, 0.1) is 16.0 Å². The van der Waals surface area contributed by atoms with Gasteiger partial charge in [0.05, 0.1) is 10.5 Å². The first kappa shape index (κ1) is 17.8.